The van der Waals surface area contributed by atoms with Crippen LogP contribution in [0.25, 0.3) is 10.9 Å². The maximum atomic E-state index is 10.4. The van der Waals surface area contributed by atoms with Gasteiger partial charge < -0.3 is 5.11 Å². The Morgan fingerprint density at radius 3 is 2.70 bits per heavy atom. The summed E-state index contributed by atoms with van der Waals surface area (Å²) in [4.78, 5) is 6.87. The largest absolute Gasteiger partial charge is 0.389 e. The van der Waals surface area contributed by atoms with Crippen LogP contribution in [0.1, 0.15) is 31.4 Å². The molecule has 1 aliphatic carbocycles. The molecule has 106 valence electrons. The van der Waals surface area contributed by atoms with E-state index in [-0.39, 0.29) is 0 Å². The van der Waals surface area contributed by atoms with Gasteiger partial charge in [0, 0.05) is 18.5 Å². The Balaban J connectivity index is 1.69. The van der Waals surface area contributed by atoms with Crippen molar-refractivity contribution in [3.63, 3.8) is 0 Å². The Labute approximate surface area is 120 Å². The first-order chi connectivity index (χ1) is 9.65. The first-order valence-electron chi connectivity index (χ1n) is 7.40. The lowest BCUT2D eigenvalue weighted by Crippen LogP contribution is -2.38. The molecule has 2 aromatic rings. The molecule has 0 spiro atoms. The summed E-state index contributed by atoms with van der Waals surface area (Å²) in [6.45, 7) is 1.52. The lowest BCUT2D eigenvalue weighted by atomic mass is 10.0. The van der Waals surface area contributed by atoms with Crippen LogP contribution in [0.2, 0.25) is 0 Å². The van der Waals surface area contributed by atoms with Gasteiger partial charge in [0.05, 0.1) is 16.8 Å². The van der Waals surface area contributed by atoms with Crippen molar-refractivity contribution < 1.29 is 5.11 Å². The molecular weight excluding hydrogens is 248 g/mol. The average Bonchev–Trinajstić information content (AvgIpc) is 2.84. The highest BCUT2D eigenvalue weighted by Gasteiger charge is 2.32. The number of benzene rings is 1. The van der Waals surface area contributed by atoms with Crippen LogP contribution < -0.4 is 0 Å². The van der Waals surface area contributed by atoms with Crippen LogP contribution in [-0.2, 0) is 6.54 Å². The van der Waals surface area contributed by atoms with Crippen LogP contribution in [0.5, 0.6) is 0 Å². The summed E-state index contributed by atoms with van der Waals surface area (Å²) in [5, 5.41) is 11.6. The molecule has 1 heterocycles. The molecule has 0 atom stereocenters. The van der Waals surface area contributed by atoms with Gasteiger partial charge in [0.1, 0.15) is 0 Å². The minimum Gasteiger partial charge on any atom is -0.389 e. The number of nitrogens with zero attached hydrogens (tertiary/aromatic N) is 2. The molecule has 3 rings (SSSR count). The van der Waals surface area contributed by atoms with Crippen molar-refractivity contribution in [3.8, 4) is 0 Å². The molecule has 1 saturated carbocycles. The van der Waals surface area contributed by atoms with Crippen molar-refractivity contribution in [3.05, 3.63) is 42.1 Å². The van der Waals surface area contributed by atoms with Gasteiger partial charge in [0.2, 0.25) is 0 Å². The molecule has 1 N–H and O–H groups in total. The molecule has 1 aromatic heterocycles. The van der Waals surface area contributed by atoms with E-state index < -0.39 is 5.60 Å². The van der Waals surface area contributed by atoms with E-state index in [0.29, 0.717) is 0 Å². The van der Waals surface area contributed by atoms with E-state index in [4.69, 9.17) is 0 Å². The maximum absolute atomic E-state index is 10.4. The van der Waals surface area contributed by atoms with Gasteiger partial charge in [-0.05, 0) is 32.0 Å². The summed E-state index contributed by atoms with van der Waals surface area (Å²) in [5.41, 5.74) is 1.62. The Morgan fingerprint density at radius 1 is 1.15 bits per heavy atom. The lowest BCUT2D eigenvalue weighted by Gasteiger charge is -2.28. The van der Waals surface area contributed by atoms with Crippen molar-refractivity contribution in [2.45, 2.75) is 37.8 Å². The molecule has 3 heteroatoms. The Morgan fingerprint density at radius 2 is 1.90 bits per heavy atom. The summed E-state index contributed by atoms with van der Waals surface area (Å²) in [6, 6.07) is 12.4. The van der Waals surface area contributed by atoms with Gasteiger partial charge in [0.15, 0.2) is 0 Å². The zero-order valence-corrected chi connectivity index (χ0v) is 12.0. The van der Waals surface area contributed by atoms with E-state index in [1.807, 2.05) is 18.2 Å². The number of hydrogen-bond donors (Lipinski definition) is 1. The predicted octanol–water partition coefficient (Wildman–Crippen LogP) is 2.97. The zero-order valence-electron chi connectivity index (χ0n) is 12.0. The number of fused-ring (bicyclic) bond motifs is 1. The van der Waals surface area contributed by atoms with E-state index >= 15 is 0 Å². The quantitative estimate of drug-likeness (QED) is 0.928. The Kier molecular flexibility index (Phi) is 3.72. The van der Waals surface area contributed by atoms with Crippen LogP contribution in [0, 0.1) is 0 Å². The third-order valence-corrected chi connectivity index (χ3v) is 4.19. The van der Waals surface area contributed by atoms with E-state index in [1.54, 1.807) is 0 Å². The normalized spacial score (nSPS) is 17.9. The van der Waals surface area contributed by atoms with Crippen LogP contribution >= 0.6 is 0 Å². The van der Waals surface area contributed by atoms with Gasteiger partial charge in [-0.15, -0.1) is 0 Å². The van der Waals surface area contributed by atoms with Crippen LogP contribution in [0.15, 0.2) is 36.4 Å². The third-order valence-electron chi connectivity index (χ3n) is 4.19. The molecule has 1 aliphatic rings. The summed E-state index contributed by atoms with van der Waals surface area (Å²) in [6.07, 6.45) is 4.17. The van der Waals surface area contributed by atoms with Gasteiger partial charge in [-0.3, -0.25) is 9.88 Å². The van der Waals surface area contributed by atoms with Crippen LogP contribution in [0.3, 0.4) is 0 Å². The fourth-order valence-electron chi connectivity index (χ4n) is 3.22. The number of likely N-dealkylation sites (N-methyl/N-ethyl adjacent to an activating group) is 1. The smallest absolute Gasteiger partial charge is 0.0774 e. The number of pyridine rings is 1. The van der Waals surface area contributed by atoms with Crippen molar-refractivity contribution in [2.75, 3.05) is 13.6 Å². The number of para-hydroxylation sites is 1. The second-order valence-electron chi connectivity index (χ2n) is 6.10. The first kappa shape index (κ1) is 13.5. The molecule has 20 heavy (non-hydrogen) atoms. The second kappa shape index (κ2) is 5.51. The molecule has 1 aromatic carbocycles. The zero-order chi connectivity index (χ0) is 14.0. The maximum Gasteiger partial charge on any atom is 0.0774 e. The van der Waals surface area contributed by atoms with Gasteiger partial charge in [-0.2, -0.15) is 0 Å². The SMILES string of the molecule is CN(Cc1ccc2ccccc2n1)CC1(O)CCCC1. The summed E-state index contributed by atoms with van der Waals surface area (Å²) in [5.74, 6) is 0. The van der Waals surface area contributed by atoms with E-state index in [2.05, 4.69) is 35.1 Å². The highest BCUT2D eigenvalue weighted by molar-refractivity contribution is 5.78. The average molecular weight is 270 g/mol. The molecule has 0 saturated heterocycles. The molecule has 0 aliphatic heterocycles. The highest BCUT2D eigenvalue weighted by atomic mass is 16.3. The van der Waals surface area contributed by atoms with E-state index in [0.717, 1.165) is 50.0 Å². The molecule has 1 fully saturated rings. The van der Waals surface area contributed by atoms with Crippen LogP contribution in [0.4, 0.5) is 0 Å². The fraction of sp³-hybridized carbons (Fsp3) is 0.471. The number of aromatic nitrogens is 1. The first-order valence-corrected chi connectivity index (χ1v) is 7.40. The molecule has 3 nitrogen and oxygen atoms in total. The molecule has 0 bridgehead atoms. The van der Waals surface area contributed by atoms with Crippen molar-refractivity contribution in [1.82, 2.24) is 9.88 Å². The minimum atomic E-state index is -0.481. The predicted molar refractivity (Wildman–Crippen MR) is 81.5 cm³/mol. The van der Waals surface area contributed by atoms with Crippen molar-refractivity contribution in [1.29, 1.82) is 0 Å². The van der Waals surface area contributed by atoms with E-state index in [1.165, 1.54) is 5.39 Å². The van der Waals surface area contributed by atoms with Crippen molar-refractivity contribution >= 4 is 10.9 Å². The number of hydrogen-bond acceptors (Lipinski definition) is 3. The third kappa shape index (κ3) is 3.00. The summed E-state index contributed by atoms with van der Waals surface area (Å²) < 4.78 is 0. The lowest BCUT2D eigenvalue weighted by molar-refractivity contribution is 0.0143. The summed E-state index contributed by atoms with van der Waals surface area (Å²) in [7, 11) is 2.06. The van der Waals surface area contributed by atoms with E-state index in [9.17, 15) is 5.11 Å². The Bertz CT molecular complexity index is 590. The topological polar surface area (TPSA) is 36.4 Å². The Hall–Kier alpha value is -1.45. The monoisotopic (exact) mass is 270 g/mol. The summed E-state index contributed by atoms with van der Waals surface area (Å²) >= 11 is 0. The standard InChI is InChI=1S/C17H22N2O/c1-19(13-17(20)10-4-5-11-17)12-15-9-8-14-6-2-3-7-16(14)18-15/h2-3,6-9,20H,4-5,10-13H2,1H3. The van der Waals surface area contributed by atoms with Gasteiger partial charge >= 0.3 is 0 Å². The molecule has 0 amide bonds. The molecule has 0 radical (unpaired) electrons. The second-order valence-corrected chi connectivity index (χ2v) is 6.10. The van der Waals surface area contributed by atoms with Crippen molar-refractivity contribution in [2.24, 2.45) is 0 Å². The van der Waals surface area contributed by atoms with Gasteiger partial charge in [0.25, 0.3) is 0 Å². The fourth-order valence-corrected chi connectivity index (χ4v) is 3.22. The van der Waals surface area contributed by atoms with Crippen LogP contribution in [-0.4, -0.2) is 34.2 Å². The highest BCUT2D eigenvalue weighted by Crippen LogP contribution is 2.30. The van der Waals surface area contributed by atoms with Gasteiger partial charge in [-0.1, -0.05) is 37.1 Å². The molecular formula is C17H22N2O. The van der Waals surface area contributed by atoms with Gasteiger partial charge in [-0.25, -0.2) is 0 Å². The minimum absolute atomic E-state index is 0.481. The molecule has 0 unspecified atom stereocenters. The number of aliphatic hydroxyl groups is 1. The number of rotatable bonds is 4.